The number of amides is 1. The quantitative estimate of drug-likeness (QED) is 0.339. The number of nitrogens with zero attached hydrogens (tertiary/aromatic N) is 4. The molecule has 0 atom stereocenters. The highest BCUT2D eigenvalue weighted by Gasteiger charge is 2.11. The fraction of sp³-hybridized carbons (Fsp3) is 0.250. The molecule has 0 bridgehead atoms. The Morgan fingerprint density at radius 1 is 1.07 bits per heavy atom. The highest BCUT2D eigenvalue weighted by molar-refractivity contribution is 7.99. The smallest absolute Gasteiger partial charge is 0.224 e. The molecule has 0 unspecified atom stereocenters. The molecule has 144 valence electrons. The predicted octanol–water partition coefficient (Wildman–Crippen LogP) is 3.44. The number of aromatic nitrogens is 4. The lowest BCUT2D eigenvalue weighted by Gasteiger charge is -2.09. The summed E-state index contributed by atoms with van der Waals surface area (Å²) >= 11 is 1.52. The number of para-hydroxylation sites is 1. The first-order chi connectivity index (χ1) is 13.6. The second-order valence-electron chi connectivity index (χ2n) is 6.21. The number of carbonyl (C=O) groups excluding carboxylic acids is 2. The van der Waals surface area contributed by atoms with Crippen molar-refractivity contribution in [1.82, 2.24) is 20.2 Å². The topological polar surface area (TPSA) is 89.8 Å². The lowest BCUT2D eigenvalue weighted by Crippen LogP contribution is -2.14. The summed E-state index contributed by atoms with van der Waals surface area (Å²) in [6.07, 6.45) is 1.04. The third-order valence-corrected chi connectivity index (χ3v) is 5.08. The van der Waals surface area contributed by atoms with Gasteiger partial charge in [-0.3, -0.25) is 9.59 Å². The first-order valence-corrected chi connectivity index (χ1v) is 9.95. The van der Waals surface area contributed by atoms with Crippen molar-refractivity contribution in [3.8, 4) is 0 Å². The fourth-order valence-electron chi connectivity index (χ4n) is 2.66. The van der Waals surface area contributed by atoms with Gasteiger partial charge in [0, 0.05) is 17.7 Å². The number of hydrogen-bond donors (Lipinski definition) is 1. The Kier molecular flexibility index (Phi) is 6.91. The van der Waals surface area contributed by atoms with Gasteiger partial charge in [0.15, 0.2) is 5.78 Å². The number of Topliss-reactive ketones (excluding diaryl/α,β-unsaturated/α-hetero) is 1. The molecule has 0 aliphatic rings. The normalized spacial score (nSPS) is 10.6. The van der Waals surface area contributed by atoms with Crippen molar-refractivity contribution >= 4 is 29.1 Å². The van der Waals surface area contributed by atoms with Gasteiger partial charge >= 0.3 is 0 Å². The summed E-state index contributed by atoms with van der Waals surface area (Å²) in [4.78, 5) is 23.8. The third-order valence-electron chi connectivity index (χ3n) is 4.03. The molecule has 0 radical (unpaired) electrons. The average Bonchev–Trinajstić information content (AvgIpc) is 3.13. The zero-order valence-corrected chi connectivity index (χ0v) is 16.4. The van der Waals surface area contributed by atoms with Gasteiger partial charge in [-0.05, 0) is 41.5 Å². The Labute approximate surface area is 167 Å². The molecule has 7 nitrogen and oxygen atoms in total. The maximum absolute atomic E-state index is 12.2. The van der Waals surface area contributed by atoms with Crippen molar-refractivity contribution in [1.29, 1.82) is 0 Å². The number of carbonyl (C=O) groups is 2. The van der Waals surface area contributed by atoms with E-state index in [1.54, 1.807) is 28.9 Å². The molecule has 0 aliphatic heterocycles. The van der Waals surface area contributed by atoms with Crippen LogP contribution in [0.3, 0.4) is 0 Å². The highest BCUT2D eigenvalue weighted by Crippen LogP contribution is 2.18. The second-order valence-corrected chi connectivity index (χ2v) is 7.27. The monoisotopic (exact) mass is 395 g/mol. The minimum Gasteiger partial charge on any atom is -0.325 e. The van der Waals surface area contributed by atoms with Gasteiger partial charge in [0.25, 0.3) is 0 Å². The van der Waals surface area contributed by atoms with E-state index in [1.807, 2.05) is 30.3 Å². The third kappa shape index (κ3) is 5.50. The molecule has 1 N–H and O–H groups in total. The maximum Gasteiger partial charge on any atom is 0.224 e. The minimum absolute atomic E-state index is 0.0725. The maximum atomic E-state index is 12.2. The average molecular weight is 395 g/mol. The summed E-state index contributed by atoms with van der Waals surface area (Å²) in [6.45, 7) is 2.10. The molecule has 0 fully saturated rings. The fourth-order valence-corrected chi connectivity index (χ4v) is 3.48. The molecule has 1 aromatic heterocycles. The van der Waals surface area contributed by atoms with Crippen LogP contribution in [-0.2, 0) is 11.3 Å². The molecule has 8 heteroatoms. The van der Waals surface area contributed by atoms with Gasteiger partial charge in [-0.25, -0.2) is 4.68 Å². The van der Waals surface area contributed by atoms with E-state index in [1.165, 1.54) is 18.7 Å². The van der Waals surface area contributed by atoms with E-state index in [9.17, 15) is 9.59 Å². The van der Waals surface area contributed by atoms with Crippen molar-refractivity contribution in [3.05, 3.63) is 65.7 Å². The van der Waals surface area contributed by atoms with Crippen LogP contribution in [0.4, 0.5) is 5.69 Å². The van der Waals surface area contributed by atoms with Crippen LogP contribution in [-0.4, -0.2) is 37.7 Å². The number of tetrazole rings is 1. The van der Waals surface area contributed by atoms with Crippen LogP contribution in [0.15, 0.2) is 59.8 Å². The van der Waals surface area contributed by atoms with Crippen molar-refractivity contribution in [2.24, 2.45) is 0 Å². The second kappa shape index (κ2) is 9.80. The van der Waals surface area contributed by atoms with Crippen molar-refractivity contribution in [2.75, 3.05) is 11.1 Å². The molecule has 2 aromatic carbocycles. The molecule has 0 saturated heterocycles. The lowest BCUT2D eigenvalue weighted by molar-refractivity contribution is -0.116. The van der Waals surface area contributed by atoms with E-state index in [4.69, 9.17) is 0 Å². The number of hydrogen-bond acceptors (Lipinski definition) is 6. The number of nitrogens with one attached hydrogen (secondary N) is 1. The van der Waals surface area contributed by atoms with E-state index in [2.05, 4.69) is 20.8 Å². The molecule has 0 spiro atoms. The number of anilines is 1. The lowest BCUT2D eigenvalue weighted by atomic mass is 10.1. The zero-order valence-electron chi connectivity index (χ0n) is 15.5. The standard InChI is InChI=1S/C20H21N5O2S/c1-15(26)17-10-5-6-11-18(17)21-19(27)12-7-13-28-20-22-23-24-25(20)14-16-8-3-2-4-9-16/h2-6,8-11H,7,12-14H2,1H3,(H,21,27). The molecule has 28 heavy (non-hydrogen) atoms. The predicted molar refractivity (Wildman–Crippen MR) is 108 cm³/mol. The van der Waals surface area contributed by atoms with Crippen LogP contribution in [0.25, 0.3) is 0 Å². The Hall–Kier alpha value is -3.00. The number of thioether (sulfide) groups is 1. The van der Waals surface area contributed by atoms with Crippen molar-refractivity contribution in [2.45, 2.75) is 31.5 Å². The van der Waals surface area contributed by atoms with Gasteiger partial charge in [-0.2, -0.15) is 0 Å². The van der Waals surface area contributed by atoms with Crippen LogP contribution in [0.1, 0.15) is 35.7 Å². The minimum atomic E-state index is -0.113. The zero-order chi connectivity index (χ0) is 19.8. The summed E-state index contributed by atoms with van der Waals surface area (Å²) in [5.74, 6) is 0.534. The Morgan fingerprint density at radius 3 is 2.61 bits per heavy atom. The number of rotatable bonds is 9. The van der Waals surface area contributed by atoms with Crippen LogP contribution >= 0.6 is 11.8 Å². The summed E-state index contributed by atoms with van der Waals surface area (Å²) in [5.41, 5.74) is 2.20. The van der Waals surface area contributed by atoms with E-state index in [0.717, 1.165) is 16.5 Å². The number of ketones is 1. The van der Waals surface area contributed by atoms with Gasteiger partial charge < -0.3 is 5.32 Å². The van der Waals surface area contributed by atoms with Gasteiger partial charge in [-0.1, -0.05) is 54.2 Å². The van der Waals surface area contributed by atoms with Crippen molar-refractivity contribution in [3.63, 3.8) is 0 Å². The Balaban J connectivity index is 1.46. The summed E-state index contributed by atoms with van der Waals surface area (Å²) in [6, 6.07) is 17.0. The Morgan fingerprint density at radius 2 is 1.82 bits per heavy atom. The van der Waals surface area contributed by atoms with Crippen LogP contribution < -0.4 is 5.32 Å². The van der Waals surface area contributed by atoms with E-state index in [0.29, 0.717) is 30.6 Å². The molecular formula is C20H21N5O2S. The van der Waals surface area contributed by atoms with Crippen LogP contribution in [0.2, 0.25) is 0 Å². The van der Waals surface area contributed by atoms with Gasteiger partial charge in [0.05, 0.1) is 12.2 Å². The molecule has 3 rings (SSSR count). The van der Waals surface area contributed by atoms with E-state index in [-0.39, 0.29) is 11.7 Å². The first-order valence-electron chi connectivity index (χ1n) is 8.96. The summed E-state index contributed by atoms with van der Waals surface area (Å²) in [7, 11) is 0. The van der Waals surface area contributed by atoms with E-state index >= 15 is 0 Å². The van der Waals surface area contributed by atoms with Gasteiger partial charge in [0.2, 0.25) is 11.1 Å². The van der Waals surface area contributed by atoms with Crippen LogP contribution in [0, 0.1) is 0 Å². The first kappa shape index (κ1) is 19.8. The van der Waals surface area contributed by atoms with Crippen molar-refractivity contribution < 1.29 is 9.59 Å². The molecule has 1 heterocycles. The summed E-state index contributed by atoms with van der Waals surface area (Å²) in [5, 5.41) is 15.4. The molecular weight excluding hydrogens is 374 g/mol. The number of benzene rings is 2. The molecule has 1 amide bonds. The van der Waals surface area contributed by atoms with Gasteiger partial charge in [-0.15, -0.1) is 5.10 Å². The van der Waals surface area contributed by atoms with Crippen LogP contribution in [0.5, 0.6) is 0 Å². The summed E-state index contributed by atoms with van der Waals surface area (Å²) < 4.78 is 1.75. The Bertz CT molecular complexity index is 943. The van der Waals surface area contributed by atoms with E-state index < -0.39 is 0 Å². The molecule has 0 saturated carbocycles. The largest absolute Gasteiger partial charge is 0.325 e. The van der Waals surface area contributed by atoms with Gasteiger partial charge in [0.1, 0.15) is 0 Å². The highest BCUT2D eigenvalue weighted by atomic mass is 32.2. The SMILES string of the molecule is CC(=O)c1ccccc1NC(=O)CCCSc1nnnn1Cc1ccccc1. The molecule has 0 aliphatic carbocycles. The molecule has 3 aromatic rings.